The van der Waals surface area contributed by atoms with E-state index in [-0.39, 0.29) is 0 Å². The molecule has 1 aromatic heterocycles. The quantitative estimate of drug-likeness (QED) is 0.764. The predicted molar refractivity (Wildman–Crippen MR) is 68.4 cm³/mol. The van der Waals surface area contributed by atoms with E-state index < -0.39 is 0 Å². The summed E-state index contributed by atoms with van der Waals surface area (Å²) in [6, 6.07) is 10.5. The molecule has 0 radical (unpaired) electrons. The fourth-order valence-electron chi connectivity index (χ4n) is 1.95. The van der Waals surface area contributed by atoms with Crippen LogP contribution < -0.4 is 4.90 Å². The van der Waals surface area contributed by atoms with Crippen LogP contribution >= 0.6 is 23.8 Å². The summed E-state index contributed by atoms with van der Waals surface area (Å²) in [4.78, 5) is 2.28. The Morgan fingerprint density at radius 1 is 1.25 bits per heavy atom. The zero-order chi connectivity index (χ0) is 11.0. The van der Waals surface area contributed by atoms with Gasteiger partial charge in [-0.15, -0.1) is 0 Å². The topological polar surface area (TPSA) is 21.1 Å². The van der Waals surface area contributed by atoms with Gasteiger partial charge in [0.15, 0.2) is 3.95 Å². The highest BCUT2D eigenvalue weighted by atomic mass is 32.2. The van der Waals surface area contributed by atoms with Crippen LogP contribution in [0.2, 0.25) is 0 Å². The van der Waals surface area contributed by atoms with E-state index in [0.29, 0.717) is 0 Å². The molecule has 0 unspecified atom stereocenters. The van der Waals surface area contributed by atoms with Crippen LogP contribution in [0.15, 0.2) is 30.3 Å². The van der Waals surface area contributed by atoms with Crippen molar-refractivity contribution >= 4 is 29.7 Å². The molecule has 0 bridgehead atoms. The summed E-state index contributed by atoms with van der Waals surface area (Å²) in [5.74, 6) is 1.03. The molecule has 16 heavy (non-hydrogen) atoms. The Bertz CT molecular complexity index is 544. The molecule has 0 saturated carbocycles. The SMILES string of the molecule is S=c1snc2n1CCN2Cc1ccccc1. The molecule has 0 N–H and O–H groups in total. The third-order valence-corrected chi connectivity index (χ3v) is 3.83. The first-order valence-corrected chi connectivity index (χ1v) is 6.38. The molecule has 0 aliphatic carbocycles. The van der Waals surface area contributed by atoms with E-state index >= 15 is 0 Å². The van der Waals surface area contributed by atoms with Gasteiger partial charge in [0.05, 0.1) is 0 Å². The van der Waals surface area contributed by atoms with Gasteiger partial charge in [0.25, 0.3) is 0 Å². The maximum absolute atomic E-state index is 5.22. The number of aromatic nitrogens is 2. The van der Waals surface area contributed by atoms with Gasteiger partial charge in [-0.1, -0.05) is 30.3 Å². The molecule has 1 aliphatic heterocycles. The van der Waals surface area contributed by atoms with Crippen molar-refractivity contribution in [3.63, 3.8) is 0 Å². The number of hydrogen-bond donors (Lipinski definition) is 0. The van der Waals surface area contributed by atoms with Gasteiger partial charge in [-0.05, 0) is 29.3 Å². The maximum atomic E-state index is 5.22. The van der Waals surface area contributed by atoms with Crippen molar-refractivity contribution in [1.29, 1.82) is 0 Å². The summed E-state index contributed by atoms with van der Waals surface area (Å²) < 4.78 is 7.39. The summed E-state index contributed by atoms with van der Waals surface area (Å²) in [5, 5.41) is 0. The second-order valence-corrected chi connectivity index (χ2v) is 5.20. The Labute approximate surface area is 103 Å². The molecule has 0 saturated heterocycles. The van der Waals surface area contributed by atoms with Crippen molar-refractivity contribution in [2.75, 3.05) is 11.4 Å². The second-order valence-electron chi connectivity index (χ2n) is 3.81. The van der Waals surface area contributed by atoms with E-state index in [2.05, 4.69) is 38.1 Å². The minimum Gasteiger partial charge on any atom is -0.335 e. The van der Waals surface area contributed by atoms with Gasteiger partial charge in [-0.2, -0.15) is 4.37 Å². The fraction of sp³-hybridized carbons (Fsp3) is 0.273. The molecule has 3 nitrogen and oxygen atoms in total. The van der Waals surface area contributed by atoms with Gasteiger partial charge in [-0.25, -0.2) is 0 Å². The summed E-state index contributed by atoms with van der Waals surface area (Å²) in [6.07, 6.45) is 0. The highest BCUT2D eigenvalue weighted by molar-refractivity contribution is 7.73. The lowest BCUT2D eigenvalue weighted by atomic mass is 10.2. The Kier molecular flexibility index (Phi) is 2.49. The molecule has 1 aliphatic rings. The van der Waals surface area contributed by atoms with E-state index in [1.165, 1.54) is 17.1 Å². The molecule has 3 rings (SSSR count). The first-order chi connectivity index (χ1) is 7.84. The van der Waals surface area contributed by atoms with Crippen molar-refractivity contribution < 1.29 is 0 Å². The van der Waals surface area contributed by atoms with Gasteiger partial charge in [-0.3, -0.25) is 4.57 Å². The molecule has 5 heteroatoms. The smallest absolute Gasteiger partial charge is 0.218 e. The van der Waals surface area contributed by atoms with Gasteiger partial charge in [0, 0.05) is 19.6 Å². The normalized spacial score (nSPS) is 14.1. The number of hydrogen-bond acceptors (Lipinski definition) is 4. The van der Waals surface area contributed by atoms with Crippen LogP contribution in [0.3, 0.4) is 0 Å². The zero-order valence-corrected chi connectivity index (χ0v) is 10.3. The number of benzene rings is 1. The monoisotopic (exact) mass is 249 g/mol. The average Bonchev–Trinajstić information content (AvgIpc) is 2.86. The Balaban J connectivity index is 1.86. The first-order valence-electron chi connectivity index (χ1n) is 5.20. The molecule has 1 aromatic carbocycles. The van der Waals surface area contributed by atoms with Crippen LogP contribution in [0.25, 0.3) is 0 Å². The average molecular weight is 249 g/mol. The minimum atomic E-state index is 0.880. The molecule has 2 heterocycles. The third-order valence-electron chi connectivity index (χ3n) is 2.76. The van der Waals surface area contributed by atoms with Crippen LogP contribution in [0, 0.1) is 3.95 Å². The lowest BCUT2D eigenvalue weighted by molar-refractivity contribution is 0.769. The van der Waals surface area contributed by atoms with Crippen LogP contribution in [0.5, 0.6) is 0 Å². The van der Waals surface area contributed by atoms with Gasteiger partial charge in [0.2, 0.25) is 5.95 Å². The summed E-state index contributed by atoms with van der Waals surface area (Å²) >= 11 is 6.63. The van der Waals surface area contributed by atoms with Crippen LogP contribution in [-0.4, -0.2) is 15.5 Å². The predicted octanol–water partition coefficient (Wildman–Crippen LogP) is 2.69. The van der Waals surface area contributed by atoms with Gasteiger partial charge >= 0.3 is 0 Å². The molecule has 2 aromatic rings. The zero-order valence-electron chi connectivity index (χ0n) is 8.67. The Morgan fingerprint density at radius 3 is 2.88 bits per heavy atom. The highest BCUT2D eigenvalue weighted by Crippen LogP contribution is 2.23. The Morgan fingerprint density at radius 2 is 2.06 bits per heavy atom. The molecule has 0 amide bonds. The van der Waals surface area contributed by atoms with Crippen LogP contribution in [0.1, 0.15) is 5.56 Å². The van der Waals surface area contributed by atoms with E-state index in [9.17, 15) is 0 Å². The third kappa shape index (κ3) is 1.66. The lowest BCUT2D eigenvalue weighted by Crippen LogP contribution is -2.20. The lowest BCUT2D eigenvalue weighted by Gasteiger charge is -2.15. The number of nitrogens with zero attached hydrogens (tertiary/aromatic N) is 3. The minimum absolute atomic E-state index is 0.880. The molecular formula is C11H11N3S2. The molecule has 82 valence electrons. The Hall–Kier alpha value is -1.20. The number of rotatable bonds is 2. The summed E-state index contributed by atoms with van der Waals surface area (Å²) in [6.45, 7) is 2.89. The molecule has 0 spiro atoms. The fourth-order valence-corrected chi connectivity index (χ4v) is 2.88. The van der Waals surface area contributed by atoms with E-state index in [1.54, 1.807) is 0 Å². The first kappa shape index (κ1) is 9.99. The van der Waals surface area contributed by atoms with E-state index in [1.807, 2.05) is 6.07 Å². The van der Waals surface area contributed by atoms with Crippen molar-refractivity contribution in [3.05, 3.63) is 39.8 Å². The van der Waals surface area contributed by atoms with Crippen molar-refractivity contribution in [2.24, 2.45) is 0 Å². The van der Waals surface area contributed by atoms with E-state index in [4.69, 9.17) is 12.2 Å². The summed E-state index contributed by atoms with van der Waals surface area (Å²) in [5.41, 5.74) is 1.31. The van der Waals surface area contributed by atoms with Gasteiger partial charge < -0.3 is 4.90 Å². The highest BCUT2D eigenvalue weighted by Gasteiger charge is 2.21. The summed E-state index contributed by atoms with van der Waals surface area (Å²) in [7, 11) is 0. The largest absolute Gasteiger partial charge is 0.335 e. The van der Waals surface area contributed by atoms with Crippen LogP contribution in [-0.2, 0) is 13.1 Å². The maximum Gasteiger partial charge on any atom is 0.218 e. The van der Waals surface area contributed by atoms with E-state index in [0.717, 1.165) is 29.5 Å². The number of fused-ring (bicyclic) bond motifs is 1. The second kappa shape index (κ2) is 3.99. The van der Waals surface area contributed by atoms with Crippen molar-refractivity contribution in [1.82, 2.24) is 8.94 Å². The molecule has 0 atom stereocenters. The van der Waals surface area contributed by atoms with Crippen molar-refractivity contribution in [2.45, 2.75) is 13.1 Å². The van der Waals surface area contributed by atoms with Gasteiger partial charge in [0.1, 0.15) is 0 Å². The molecule has 0 fully saturated rings. The number of anilines is 1. The molecular weight excluding hydrogens is 238 g/mol. The van der Waals surface area contributed by atoms with Crippen LogP contribution in [0.4, 0.5) is 5.95 Å². The standard InChI is InChI=1S/C11H11N3S2/c15-11-14-7-6-13(10(14)12-16-11)8-9-4-2-1-3-5-9/h1-5H,6-8H2. The van der Waals surface area contributed by atoms with Crippen molar-refractivity contribution in [3.8, 4) is 0 Å².